The maximum atomic E-state index is 10.5. The van der Waals surface area contributed by atoms with Crippen LogP contribution in [0.25, 0.3) is 0 Å². The number of hydrogen-bond acceptors (Lipinski definition) is 5. The van der Waals surface area contributed by atoms with Gasteiger partial charge >= 0.3 is 0 Å². The summed E-state index contributed by atoms with van der Waals surface area (Å²) in [6, 6.07) is 5.99. The first-order valence-corrected chi connectivity index (χ1v) is 5.58. The predicted molar refractivity (Wildman–Crippen MR) is 54.0 cm³/mol. The smallest absolute Gasteiger partial charge is 0.294 e. The summed E-state index contributed by atoms with van der Waals surface area (Å²) < 4.78 is 29.6. The van der Waals surface area contributed by atoms with Crippen LogP contribution in [0.2, 0.25) is 0 Å². The Bertz CT molecular complexity index is 490. The third-order valence-corrected chi connectivity index (χ3v) is 2.43. The lowest BCUT2D eigenvalue weighted by Crippen LogP contribution is -1.96. The van der Waals surface area contributed by atoms with Crippen molar-refractivity contribution in [2.45, 2.75) is 11.8 Å². The molecule has 0 unspecified atom stereocenters. The molecule has 0 saturated carbocycles. The number of aromatic amines is 1. The number of aryl methyl sites for hydroxylation is 1. The number of aromatic nitrogens is 4. The number of rotatable bonds is 1. The van der Waals surface area contributed by atoms with Crippen molar-refractivity contribution >= 4 is 10.1 Å². The summed E-state index contributed by atoms with van der Waals surface area (Å²) in [5, 5.41) is 11.8. The molecule has 0 fully saturated rings. The molecular formula is C8H9N4O3S-. The second-order valence-corrected chi connectivity index (χ2v) is 4.22. The molecule has 2 aromatic rings. The molecule has 7 nitrogen and oxygen atoms in total. The van der Waals surface area contributed by atoms with Crippen molar-refractivity contribution in [2.24, 2.45) is 0 Å². The van der Waals surface area contributed by atoms with Gasteiger partial charge in [-0.05, 0) is 19.1 Å². The highest BCUT2D eigenvalue weighted by atomic mass is 32.2. The lowest BCUT2D eigenvalue weighted by molar-refractivity contribution is 0.483. The SMILES string of the molecule is Cc1ccc(S(=O)(=O)O)cc1.[c-]1nn[nH]n1. The van der Waals surface area contributed by atoms with E-state index in [1.165, 1.54) is 12.1 Å². The van der Waals surface area contributed by atoms with E-state index in [-0.39, 0.29) is 4.90 Å². The normalized spacial score (nSPS) is 10.4. The van der Waals surface area contributed by atoms with Crippen LogP contribution in [0.4, 0.5) is 0 Å². The minimum Gasteiger partial charge on any atom is -0.357 e. The Hall–Kier alpha value is -1.80. The van der Waals surface area contributed by atoms with Crippen LogP contribution >= 0.6 is 0 Å². The van der Waals surface area contributed by atoms with Crippen LogP contribution in [0.5, 0.6) is 0 Å². The minimum atomic E-state index is -4.02. The Morgan fingerprint density at radius 3 is 2.25 bits per heavy atom. The van der Waals surface area contributed by atoms with E-state index in [2.05, 4.69) is 27.0 Å². The van der Waals surface area contributed by atoms with Crippen LogP contribution in [-0.2, 0) is 10.1 Å². The van der Waals surface area contributed by atoms with Crippen molar-refractivity contribution in [3.05, 3.63) is 36.2 Å². The highest BCUT2D eigenvalue weighted by molar-refractivity contribution is 7.85. The van der Waals surface area contributed by atoms with Gasteiger partial charge in [0.1, 0.15) is 0 Å². The lowest BCUT2D eigenvalue weighted by atomic mass is 10.2. The van der Waals surface area contributed by atoms with Gasteiger partial charge in [0.25, 0.3) is 10.1 Å². The number of nitrogens with one attached hydrogen (secondary N) is 1. The zero-order chi connectivity index (χ0) is 12.0. The molecule has 2 N–H and O–H groups in total. The average Bonchev–Trinajstić information content (AvgIpc) is 2.74. The Kier molecular flexibility index (Phi) is 4.09. The third kappa shape index (κ3) is 4.15. The second kappa shape index (κ2) is 5.33. The van der Waals surface area contributed by atoms with E-state index in [0.717, 1.165) is 5.56 Å². The van der Waals surface area contributed by atoms with Crippen molar-refractivity contribution in [1.82, 2.24) is 20.6 Å². The Labute approximate surface area is 92.3 Å². The van der Waals surface area contributed by atoms with Gasteiger partial charge in [-0.3, -0.25) is 4.55 Å². The van der Waals surface area contributed by atoms with Crippen molar-refractivity contribution in [1.29, 1.82) is 0 Å². The largest absolute Gasteiger partial charge is 0.357 e. The molecule has 0 atom stereocenters. The first-order chi connectivity index (χ1) is 7.50. The van der Waals surface area contributed by atoms with Crippen LogP contribution in [-0.4, -0.2) is 33.6 Å². The summed E-state index contributed by atoms with van der Waals surface area (Å²) in [6.07, 6.45) is 2.19. The highest BCUT2D eigenvalue weighted by Crippen LogP contribution is 2.08. The summed E-state index contributed by atoms with van der Waals surface area (Å²) in [5.74, 6) is 0. The van der Waals surface area contributed by atoms with Crippen molar-refractivity contribution in [3.8, 4) is 0 Å². The van der Waals surface area contributed by atoms with Gasteiger partial charge < -0.3 is 10.2 Å². The van der Waals surface area contributed by atoms with Gasteiger partial charge in [-0.15, -0.1) is 0 Å². The van der Waals surface area contributed by atoms with Crippen molar-refractivity contribution < 1.29 is 13.0 Å². The fourth-order valence-corrected chi connectivity index (χ4v) is 1.30. The standard InChI is InChI=1S/C7H8O3S.CHN4/c1-6-2-4-7(5-3-6)11(8,9)10;1-2-4-5-3-1/h2-5H,1H3,(H,8,9,10);(H,2,3,4,5)/q;-1. The maximum absolute atomic E-state index is 10.5. The first kappa shape index (κ1) is 12.3. The van der Waals surface area contributed by atoms with E-state index in [1.54, 1.807) is 12.1 Å². The lowest BCUT2D eigenvalue weighted by Gasteiger charge is -1.95. The molecule has 1 heterocycles. The Balaban J connectivity index is 0.000000212. The van der Waals surface area contributed by atoms with Gasteiger partial charge in [-0.25, -0.2) is 11.5 Å². The zero-order valence-electron chi connectivity index (χ0n) is 8.32. The summed E-state index contributed by atoms with van der Waals surface area (Å²) in [7, 11) is -4.02. The molecule has 16 heavy (non-hydrogen) atoms. The zero-order valence-corrected chi connectivity index (χ0v) is 9.14. The molecular weight excluding hydrogens is 232 g/mol. The number of hydrogen-bond donors (Lipinski definition) is 2. The molecule has 1 aromatic heterocycles. The van der Waals surface area contributed by atoms with Crippen LogP contribution in [0.15, 0.2) is 29.2 Å². The monoisotopic (exact) mass is 241 g/mol. The molecule has 86 valence electrons. The number of H-pyrrole nitrogens is 1. The molecule has 0 radical (unpaired) electrons. The highest BCUT2D eigenvalue weighted by Gasteiger charge is 2.06. The van der Waals surface area contributed by atoms with E-state index >= 15 is 0 Å². The Morgan fingerprint density at radius 1 is 1.31 bits per heavy atom. The average molecular weight is 241 g/mol. The molecule has 0 aliphatic carbocycles. The van der Waals surface area contributed by atoms with Gasteiger partial charge in [0, 0.05) is 0 Å². The molecule has 2 rings (SSSR count). The third-order valence-electron chi connectivity index (χ3n) is 1.56. The van der Waals surface area contributed by atoms with Gasteiger partial charge in [-0.1, -0.05) is 22.9 Å². The quantitative estimate of drug-likeness (QED) is 0.547. The van der Waals surface area contributed by atoms with Gasteiger partial charge in [0.05, 0.1) is 4.90 Å². The van der Waals surface area contributed by atoms with Gasteiger partial charge in [0.15, 0.2) is 0 Å². The molecule has 0 spiro atoms. The van der Waals surface area contributed by atoms with Crippen molar-refractivity contribution in [2.75, 3.05) is 0 Å². The van der Waals surface area contributed by atoms with E-state index < -0.39 is 10.1 Å². The Morgan fingerprint density at radius 2 is 1.94 bits per heavy atom. The molecule has 0 aliphatic heterocycles. The number of tetrazole rings is 1. The number of benzene rings is 1. The fourth-order valence-electron chi connectivity index (χ4n) is 0.822. The minimum absolute atomic E-state index is 0.0666. The molecule has 1 aromatic carbocycles. The second-order valence-electron chi connectivity index (χ2n) is 2.80. The summed E-state index contributed by atoms with van der Waals surface area (Å²) in [6.45, 7) is 1.84. The van der Waals surface area contributed by atoms with Crippen LogP contribution in [0.1, 0.15) is 5.56 Å². The first-order valence-electron chi connectivity index (χ1n) is 4.14. The topological polar surface area (TPSA) is 109 Å². The van der Waals surface area contributed by atoms with Crippen molar-refractivity contribution in [3.63, 3.8) is 0 Å². The summed E-state index contributed by atoms with van der Waals surface area (Å²) >= 11 is 0. The van der Waals surface area contributed by atoms with Gasteiger partial charge in [0.2, 0.25) is 0 Å². The predicted octanol–water partition coefficient (Wildman–Crippen LogP) is 0.242. The fraction of sp³-hybridized carbons (Fsp3) is 0.125. The summed E-state index contributed by atoms with van der Waals surface area (Å²) in [4.78, 5) is -0.0666. The molecule has 0 saturated heterocycles. The van der Waals surface area contributed by atoms with E-state index in [0.29, 0.717) is 0 Å². The van der Waals surface area contributed by atoms with E-state index in [9.17, 15) is 8.42 Å². The molecule has 0 aliphatic rings. The van der Waals surface area contributed by atoms with Crippen LogP contribution in [0, 0.1) is 13.3 Å². The van der Waals surface area contributed by atoms with Crippen LogP contribution in [0.3, 0.4) is 0 Å². The summed E-state index contributed by atoms with van der Waals surface area (Å²) in [5.41, 5.74) is 0.956. The van der Waals surface area contributed by atoms with E-state index in [4.69, 9.17) is 4.55 Å². The maximum Gasteiger partial charge on any atom is 0.294 e. The van der Waals surface area contributed by atoms with Crippen LogP contribution < -0.4 is 0 Å². The van der Waals surface area contributed by atoms with E-state index in [1.807, 2.05) is 6.92 Å². The number of nitrogens with zero attached hydrogens (tertiary/aromatic N) is 3. The molecule has 8 heteroatoms. The molecule has 0 bridgehead atoms. The molecule has 0 amide bonds. The van der Waals surface area contributed by atoms with Gasteiger partial charge in [-0.2, -0.15) is 8.42 Å².